The van der Waals surface area contributed by atoms with Gasteiger partial charge in [-0.3, -0.25) is 9.97 Å². The normalized spacial score (nSPS) is 10.9. The molecule has 0 aliphatic heterocycles. The van der Waals surface area contributed by atoms with Crippen LogP contribution in [0.25, 0.3) is 70.0 Å². The summed E-state index contributed by atoms with van der Waals surface area (Å²) in [6, 6.07) is 30.5. The molecule has 7 aromatic rings. The van der Waals surface area contributed by atoms with E-state index in [9.17, 15) is 5.26 Å². The molecule has 0 fully saturated rings. The number of hydrogen-bond acceptors (Lipinski definition) is 6. The highest BCUT2D eigenvalue weighted by Crippen LogP contribution is 2.38. The van der Waals surface area contributed by atoms with Crippen LogP contribution in [-0.4, -0.2) is 19.9 Å². The maximum Gasteiger partial charge on any atom is 0.205 e. The molecule has 0 bridgehead atoms. The summed E-state index contributed by atoms with van der Waals surface area (Å²) in [6.45, 7) is 7.29. The fourth-order valence-electron chi connectivity index (χ4n) is 4.88. The molecule has 6 nitrogen and oxygen atoms in total. The van der Waals surface area contributed by atoms with E-state index in [0.717, 1.165) is 55.8 Å². The Morgan fingerprint density at radius 3 is 1.71 bits per heavy atom. The lowest BCUT2D eigenvalue weighted by molar-refractivity contribution is 1.26. The Kier molecular flexibility index (Phi) is 5.98. The summed E-state index contributed by atoms with van der Waals surface area (Å²) in [5, 5.41) is 11.6. The van der Waals surface area contributed by atoms with Crippen molar-refractivity contribution in [3.05, 3.63) is 127 Å². The van der Waals surface area contributed by atoms with Gasteiger partial charge >= 0.3 is 0 Å². The summed E-state index contributed by atoms with van der Waals surface area (Å²) in [5.74, 6) is 0. The molecular weight excluding hydrogens is 524 g/mol. The van der Waals surface area contributed by atoms with Crippen LogP contribution in [0.15, 0.2) is 110 Å². The Morgan fingerprint density at radius 1 is 0.610 bits per heavy atom. The number of thiophene rings is 1. The largest absolute Gasteiger partial charge is 0.276 e. The molecule has 7 rings (SSSR count). The van der Waals surface area contributed by atoms with E-state index in [4.69, 9.17) is 16.5 Å². The Hall–Kier alpha value is -5.76. The van der Waals surface area contributed by atoms with E-state index in [1.54, 1.807) is 42.2 Å². The smallest absolute Gasteiger partial charge is 0.205 e. The fraction of sp³-hybridized carbons (Fsp3) is 0. The minimum absolute atomic E-state index is 0.490. The first-order chi connectivity index (χ1) is 20.2. The van der Waals surface area contributed by atoms with Crippen LogP contribution in [0.1, 0.15) is 5.56 Å². The van der Waals surface area contributed by atoms with Gasteiger partial charge in [0.2, 0.25) is 5.69 Å². The first kappa shape index (κ1) is 24.3. The second-order valence-electron chi connectivity index (χ2n) is 9.46. The summed E-state index contributed by atoms with van der Waals surface area (Å²) in [6.07, 6.45) is 6.57. The highest BCUT2D eigenvalue weighted by molar-refractivity contribution is 7.25. The zero-order valence-electron chi connectivity index (χ0n) is 21.5. The van der Waals surface area contributed by atoms with Gasteiger partial charge in [0.15, 0.2) is 0 Å². The minimum Gasteiger partial charge on any atom is -0.276 e. The van der Waals surface area contributed by atoms with Crippen LogP contribution < -0.4 is 0 Å². The quantitative estimate of drug-likeness (QED) is 0.208. The number of nitrogens with zero attached hydrogens (tertiary/aromatic N) is 6. The Labute approximate surface area is 239 Å². The maximum absolute atomic E-state index is 9.26. The molecule has 190 valence electrons. The van der Waals surface area contributed by atoms with Gasteiger partial charge in [0.1, 0.15) is 6.07 Å². The zero-order chi connectivity index (χ0) is 27.8. The van der Waals surface area contributed by atoms with Crippen LogP contribution in [0.5, 0.6) is 0 Å². The van der Waals surface area contributed by atoms with Gasteiger partial charge in [0.25, 0.3) is 0 Å². The van der Waals surface area contributed by atoms with Crippen molar-refractivity contribution in [1.29, 1.82) is 5.26 Å². The van der Waals surface area contributed by atoms with Crippen molar-refractivity contribution in [2.75, 3.05) is 0 Å². The number of nitriles is 1. The predicted octanol–water partition coefficient (Wildman–Crippen LogP) is 8.72. The van der Waals surface area contributed by atoms with Crippen molar-refractivity contribution in [2.45, 2.75) is 0 Å². The topological polar surface area (TPSA) is 79.7 Å². The molecule has 7 heteroatoms. The zero-order valence-corrected chi connectivity index (χ0v) is 22.3. The molecule has 0 aliphatic carbocycles. The van der Waals surface area contributed by atoms with Crippen molar-refractivity contribution in [3.63, 3.8) is 0 Å². The number of rotatable bonds is 4. The van der Waals surface area contributed by atoms with Gasteiger partial charge < -0.3 is 0 Å². The first-order valence-electron chi connectivity index (χ1n) is 12.8. The van der Waals surface area contributed by atoms with Crippen LogP contribution in [0.3, 0.4) is 0 Å². The molecule has 5 aromatic heterocycles. The Bertz CT molecular complexity index is 2050. The van der Waals surface area contributed by atoms with Crippen molar-refractivity contribution in [3.8, 4) is 51.1 Å². The van der Waals surface area contributed by atoms with Crippen molar-refractivity contribution in [2.24, 2.45) is 0 Å². The van der Waals surface area contributed by atoms with E-state index in [-0.39, 0.29) is 0 Å². The Balaban J connectivity index is 1.29. The third-order valence-corrected chi connectivity index (χ3v) is 8.02. The molecule has 0 N–H and O–H groups in total. The molecule has 0 unspecified atom stereocenters. The number of fused-ring (bicyclic) bond motifs is 3. The average Bonchev–Trinajstić information content (AvgIpc) is 3.42. The molecule has 5 heterocycles. The van der Waals surface area contributed by atoms with Crippen LogP contribution in [0.2, 0.25) is 0 Å². The van der Waals surface area contributed by atoms with Crippen LogP contribution >= 0.6 is 11.3 Å². The molecule has 41 heavy (non-hydrogen) atoms. The van der Waals surface area contributed by atoms with Crippen molar-refractivity contribution >= 4 is 37.2 Å². The standard InChI is InChI=1S/C34H18N6S/c1-36-26-13-25(19-38-20-26)32-7-3-5-30(40-32)23-9-11-34-28(15-23)27-14-22(8-10-33(27)41-34)29-4-2-6-31(39-29)24-12-21(16-35)17-37-18-24/h2-15,17-20H. The third-order valence-electron chi connectivity index (χ3n) is 6.87. The summed E-state index contributed by atoms with van der Waals surface area (Å²) in [5.41, 5.74) is 7.91. The van der Waals surface area contributed by atoms with E-state index in [2.05, 4.69) is 57.3 Å². The fourth-order valence-corrected chi connectivity index (χ4v) is 5.95. The highest BCUT2D eigenvalue weighted by atomic mass is 32.1. The van der Waals surface area contributed by atoms with E-state index in [1.165, 1.54) is 9.40 Å². The highest BCUT2D eigenvalue weighted by Gasteiger charge is 2.12. The number of aromatic nitrogens is 4. The summed E-state index contributed by atoms with van der Waals surface area (Å²) < 4.78 is 2.40. The van der Waals surface area contributed by atoms with Crippen LogP contribution in [-0.2, 0) is 0 Å². The monoisotopic (exact) mass is 542 g/mol. The number of hydrogen-bond donors (Lipinski definition) is 0. The lowest BCUT2D eigenvalue weighted by Gasteiger charge is -2.07. The van der Waals surface area contributed by atoms with Gasteiger partial charge in [-0.15, -0.1) is 11.3 Å². The Morgan fingerprint density at radius 2 is 1.15 bits per heavy atom. The molecule has 0 saturated carbocycles. The van der Waals surface area contributed by atoms with Gasteiger partial charge in [-0.2, -0.15) is 5.26 Å². The number of benzene rings is 2. The van der Waals surface area contributed by atoms with Gasteiger partial charge in [-0.05, 0) is 60.7 Å². The molecule has 0 atom stereocenters. The second kappa shape index (κ2) is 10.1. The minimum atomic E-state index is 0.490. The molecule has 0 aliphatic rings. The van der Waals surface area contributed by atoms with E-state index < -0.39 is 0 Å². The number of pyridine rings is 4. The van der Waals surface area contributed by atoms with E-state index in [1.807, 2.05) is 42.5 Å². The summed E-state index contributed by atoms with van der Waals surface area (Å²) in [4.78, 5) is 21.7. The second-order valence-corrected chi connectivity index (χ2v) is 10.5. The average molecular weight is 543 g/mol. The van der Waals surface area contributed by atoms with E-state index >= 15 is 0 Å². The van der Waals surface area contributed by atoms with Crippen LogP contribution in [0, 0.1) is 17.9 Å². The van der Waals surface area contributed by atoms with Gasteiger partial charge in [0, 0.05) is 67.2 Å². The lowest BCUT2D eigenvalue weighted by Crippen LogP contribution is -1.89. The molecule has 2 aromatic carbocycles. The van der Waals surface area contributed by atoms with Crippen molar-refractivity contribution < 1.29 is 0 Å². The molecular formula is C34H18N6S. The summed E-state index contributed by atoms with van der Waals surface area (Å²) >= 11 is 1.76. The molecule has 0 spiro atoms. The molecule has 0 radical (unpaired) electrons. The van der Waals surface area contributed by atoms with Gasteiger partial charge in [0.05, 0.1) is 34.9 Å². The third kappa shape index (κ3) is 4.57. The lowest BCUT2D eigenvalue weighted by atomic mass is 10.0. The predicted molar refractivity (Wildman–Crippen MR) is 163 cm³/mol. The first-order valence-corrected chi connectivity index (χ1v) is 13.6. The molecule has 0 amide bonds. The van der Waals surface area contributed by atoms with Crippen molar-refractivity contribution in [1.82, 2.24) is 19.9 Å². The maximum atomic E-state index is 9.26. The van der Waals surface area contributed by atoms with Gasteiger partial charge in [-0.1, -0.05) is 24.3 Å². The van der Waals surface area contributed by atoms with Crippen LogP contribution in [0.4, 0.5) is 5.69 Å². The van der Waals surface area contributed by atoms with E-state index in [0.29, 0.717) is 11.3 Å². The van der Waals surface area contributed by atoms with Gasteiger partial charge in [-0.25, -0.2) is 14.8 Å². The summed E-state index contributed by atoms with van der Waals surface area (Å²) in [7, 11) is 0. The molecule has 0 saturated heterocycles. The SMILES string of the molecule is [C-]#[N+]c1cncc(-c2cccc(-c3ccc4sc5ccc(-c6cccc(-c7cncc(C#N)c7)n6)cc5c4c3)n2)c1.